The maximum absolute atomic E-state index is 13.1. The minimum absolute atomic E-state index is 0.0579. The van der Waals surface area contributed by atoms with Crippen LogP contribution in [0.2, 0.25) is 0 Å². The number of phenols is 1. The zero-order valence-corrected chi connectivity index (χ0v) is 8.41. The fourth-order valence-corrected chi connectivity index (χ4v) is 1.27. The van der Waals surface area contributed by atoms with E-state index in [4.69, 9.17) is 0 Å². The van der Waals surface area contributed by atoms with E-state index in [2.05, 4.69) is 9.97 Å². The molecule has 1 aromatic carbocycles. The minimum atomic E-state index is -1.03. The van der Waals surface area contributed by atoms with E-state index in [1.807, 2.05) is 0 Å². The average Bonchev–Trinajstić information content (AvgIpc) is 2.25. The summed E-state index contributed by atoms with van der Waals surface area (Å²) in [5, 5.41) is 9.42. The third kappa shape index (κ3) is 1.84. The summed E-state index contributed by atoms with van der Waals surface area (Å²) in [5.41, 5.74) is 0.762. The summed E-state index contributed by atoms with van der Waals surface area (Å²) in [6.07, 6.45) is 3.01. The smallest absolute Gasteiger partial charge is 0.168 e. The van der Waals surface area contributed by atoms with Gasteiger partial charge in [0.15, 0.2) is 17.4 Å². The van der Waals surface area contributed by atoms with Crippen molar-refractivity contribution in [2.75, 3.05) is 0 Å². The fraction of sp³-hybridized carbons (Fsp3) is 0.0909. The summed E-state index contributed by atoms with van der Waals surface area (Å²) in [4.78, 5) is 7.77. The third-order valence-corrected chi connectivity index (χ3v) is 2.05. The number of phenolic OH excluding ortho intramolecular Hbond substituents is 1. The molecule has 5 heteroatoms. The lowest BCUT2D eigenvalue weighted by Gasteiger charge is -2.04. The molecule has 16 heavy (non-hydrogen) atoms. The van der Waals surface area contributed by atoms with Crippen molar-refractivity contribution in [3.63, 3.8) is 0 Å². The van der Waals surface area contributed by atoms with Gasteiger partial charge in [0.1, 0.15) is 5.82 Å². The Kier molecular flexibility index (Phi) is 2.52. The zero-order valence-electron chi connectivity index (χ0n) is 8.41. The molecule has 1 N–H and O–H groups in total. The van der Waals surface area contributed by atoms with E-state index < -0.39 is 17.4 Å². The van der Waals surface area contributed by atoms with Crippen LogP contribution < -0.4 is 0 Å². The van der Waals surface area contributed by atoms with E-state index in [-0.39, 0.29) is 11.4 Å². The number of aryl methyl sites for hydroxylation is 1. The van der Waals surface area contributed by atoms with Gasteiger partial charge < -0.3 is 5.11 Å². The van der Waals surface area contributed by atoms with Gasteiger partial charge in [0.05, 0.1) is 5.56 Å². The molecule has 0 spiro atoms. The summed E-state index contributed by atoms with van der Waals surface area (Å²) in [5.74, 6) is -2.37. The molecule has 0 atom stereocenters. The quantitative estimate of drug-likeness (QED) is 0.806. The summed E-state index contributed by atoms with van der Waals surface area (Å²) < 4.78 is 26.0. The SMILES string of the molecule is Cc1cnc(-c2cc(F)cc(F)c2O)nc1. The van der Waals surface area contributed by atoms with Crippen LogP contribution in [-0.4, -0.2) is 15.1 Å². The number of aromatic hydroxyl groups is 1. The molecule has 2 aromatic rings. The second kappa shape index (κ2) is 3.84. The van der Waals surface area contributed by atoms with Crippen molar-refractivity contribution in [1.82, 2.24) is 9.97 Å². The van der Waals surface area contributed by atoms with E-state index in [1.54, 1.807) is 6.92 Å². The van der Waals surface area contributed by atoms with E-state index in [1.165, 1.54) is 12.4 Å². The maximum atomic E-state index is 13.1. The topological polar surface area (TPSA) is 46.0 Å². The Morgan fingerprint density at radius 1 is 1.12 bits per heavy atom. The highest BCUT2D eigenvalue weighted by Crippen LogP contribution is 2.29. The van der Waals surface area contributed by atoms with Gasteiger partial charge in [-0.1, -0.05) is 0 Å². The molecule has 0 saturated carbocycles. The number of nitrogens with zero attached hydrogens (tertiary/aromatic N) is 2. The van der Waals surface area contributed by atoms with Gasteiger partial charge in [-0.05, 0) is 18.6 Å². The maximum Gasteiger partial charge on any atom is 0.168 e. The molecule has 0 saturated heterocycles. The van der Waals surface area contributed by atoms with Crippen molar-refractivity contribution in [2.45, 2.75) is 6.92 Å². The Morgan fingerprint density at radius 3 is 2.38 bits per heavy atom. The highest BCUT2D eigenvalue weighted by Gasteiger charge is 2.13. The first-order valence-electron chi connectivity index (χ1n) is 4.55. The van der Waals surface area contributed by atoms with Gasteiger partial charge in [0, 0.05) is 18.5 Å². The van der Waals surface area contributed by atoms with E-state index in [9.17, 15) is 13.9 Å². The molecule has 0 aliphatic heterocycles. The fourth-order valence-electron chi connectivity index (χ4n) is 1.27. The van der Waals surface area contributed by atoms with Gasteiger partial charge in [0.2, 0.25) is 0 Å². The van der Waals surface area contributed by atoms with Gasteiger partial charge >= 0.3 is 0 Å². The van der Waals surface area contributed by atoms with Crippen molar-refractivity contribution < 1.29 is 13.9 Å². The first kappa shape index (κ1) is 10.5. The average molecular weight is 222 g/mol. The van der Waals surface area contributed by atoms with Crippen LogP contribution in [-0.2, 0) is 0 Å². The van der Waals surface area contributed by atoms with Crippen molar-refractivity contribution in [1.29, 1.82) is 0 Å². The molecular formula is C11H8F2N2O. The molecular weight excluding hydrogens is 214 g/mol. The van der Waals surface area contributed by atoms with E-state index in [0.29, 0.717) is 6.07 Å². The van der Waals surface area contributed by atoms with Crippen LogP contribution >= 0.6 is 0 Å². The number of aromatic nitrogens is 2. The van der Waals surface area contributed by atoms with Crippen LogP contribution in [0, 0.1) is 18.6 Å². The Labute approximate surface area is 90.4 Å². The molecule has 0 unspecified atom stereocenters. The Bertz CT molecular complexity index is 526. The molecule has 1 heterocycles. The highest BCUT2D eigenvalue weighted by molar-refractivity contribution is 5.63. The molecule has 0 aliphatic carbocycles. The van der Waals surface area contributed by atoms with Crippen LogP contribution in [0.3, 0.4) is 0 Å². The van der Waals surface area contributed by atoms with Crippen LogP contribution in [0.15, 0.2) is 24.5 Å². The van der Waals surface area contributed by atoms with Gasteiger partial charge in [0.25, 0.3) is 0 Å². The van der Waals surface area contributed by atoms with Gasteiger partial charge in [-0.3, -0.25) is 0 Å². The van der Waals surface area contributed by atoms with Crippen LogP contribution in [0.5, 0.6) is 5.75 Å². The van der Waals surface area contributed by atoms with Gasteiger partial charge in [-0.25, -0.2) is 18.7 Å². The van der Waals surface area contributed by atoms with E-state index >= 15 is 0 Å². The van der Waals surface area contributed by atoms with Crippen molar-refractivity contribution in [3.05, 3.63) is 41.7 Å². The minimum Gasteiger partial charge on any atom is -0.504 e. The molecule has 0 aliphatic rings. The van der Waals surface area contributed by atoms with Crippen molar-refractivity contribution in [2.24, 2.45) is 0 Å². The first-order valence-corrected chi connectivity index (χ1v) is 4.55. The molecule has 2 rings (SSSR count). The predicted molar refractivity (Wildman–Crippen MR) is 53.8 cm³/mol. The highest BCUT2D eigenvalue weighted by atomic mass is 19.1. The molecule has 0 bridgehead atoms. The number of hydrogen-bond donors (Lipinski definition) is 1. The third-order valence-electron chi connectivity index (χ3n) is 2.05. The standard InChI is InChI=1S/C11H8F2N2O/c1-6-4-14-11(15-5-6)8-2-7(12)3-9(13)10(8)16/h2-5,16H,1H3. The molecule has 0 amide bonds. The Hall–Kier alpha value is -2.04. The van der Waals surface area contributed by atoms with Gasteiger partial charge in [-0.15, -0.1) is 0 Å². The summed E-state index contributed by atoms with van der Waals surface area (Å²) in [6.45, 7) is 1.79. The molecule has 1 aromatic heterocycles. The van der Waals surface area contributed by atoms with Crippen molar-refractivity contribution >= 4 is 0 Å². The summed E-state index contributed by atoms with van der Waals surface area (Å²) in [7, 11) is 0. The lowest BCUT2D eigenvalue weighted by Crippen LogP contribution is -1.92. The summed E-state index contributed by atoms with van der Waals surface area (Å²) in [6, 6.07) is 1.59. The van der Waals surface area contributed by atoms with Crippen LogP contribution in [0.1, 0.15) is 5.56 Å². The predicted octanol–water partition coefficient (Wildman–Crippen LogP) is 2.44. The lowest BCUT2D eigenvalue weighted by atomic mass is 10.1. The van der Waals surface area contributed by atoms with Crippen molar-refractivity contribution in [3.8, 4) is 17.1 Å². The summed E-state index contributed by atoms with van der Waals surface area (Å²) >= 11 is 0. The number of hydrogen-bond acceptors (Lipinski definition) is 3. The first-order chi connectivity index (χ1) is 7.58. The molecule has 0 radical (unpaired) electrons. The lowest BCUT2D eigenvalue weighted by molar-refractivity contribution is 0.429. The Morgan fingerprint density at radius 2 is 1.75 bits per heavy atom. The van der Waals surface area contributed by atoms with E-state index in [0.717, 1.165) is 11.6 Å². The molecule has 0 fully saturated rings. The number of halogens is 2. The van der Waals surface area contributed by atoms with Crippen LogP contribution in [0.4, 0.5) is 8.78 Å². The number of rotatable bonds is 1. The zero-order chi connectivity index (χ0) is 11.7. The molecule has 3 nitrogen and oxygen atoms in total. The van der Waals surface area contributed by atoms with Gasteiger partial charge in [-0.2, -0.15) is 0 Å². The Balaban J connectivity index is 2.59. The largest absolute Gasteiger partial charge is 0.504 e. The van der Waals surface area contributed by atoms with Crippen LogP contribution in [0.25, 0.3) is 11.4 Å². The number of benzene rings is 1. The second-order valence-electron chi connectivity index (χ2n) is 3.37. The second-order valence-corrected chi connectivity index (χ2v) is 3.37. The monoisotopic (exact) mass is 222 g/mol. The normalized spacial score (nSPS) is 10.4. The molecule has 82 valence electrons.